The predicted octanol–water partition coefficient (Wildman–Crippen LogP) is 4.30. The van der Waals surface area contributed by atoms with Gasteiger partial charge in [0.25, 0.3) is 0 Å². The van der Waals surface area contributed by atoms with Crippen molar-refractivity contribution < 1.29 is 9.90 Å². The molecule has 0 heterocycles. The lowest BCUT2D eigenvalue weighted by Crippen LogP contribution is -2.29. The number of aliphatic carboxylic acids is 1. The number of hydrogen-bond donors (Lipinski definition) is 1. The summed E-state index contributed by atoms with van der Waals surface area (Å²) in [5, 5.41) is 9.47. The van der Waals surface area contributed by atoms with Gasteiger partial charge in [0.05, 0.1) is 5.92 Å². The fourth-order valence-electron chi connectivity index (χ4n) is 3.52. The maximum atomic E-state index is 11.5. The summed E-state index contributed by atoms with van der Waals surface area (Å²) in [6, 6.07) is 6.50. The molecule has 3 atom stereocenters. The largest absolute Gasteiger partial charge is 0.481 e. The zero-order chi connectivity index (χ0) is 14.0. The maximum Gasteiger partial charge on any atom is 0.307 e. The molecular weight excluding hydrogens is 236 g/mol. The molecule has 0 saturated heterocycles. The average Bonchev–Trinajstić information content (AvgIpc) is 2.36. The molecule has 0 bridgehead atoms. The summed E-state index contributed by atoms with van der Waals surface area (Å²) in [6.45, 7) is 6.39. The molecule has 1 saturated carbocycles. The zero-order valence-corrected chi connectivity index (χ0v) is 12.1. The molecule has 0 radical (unpaired) electrons. The van der Waals surface area contributed by atoms with Crippen molar-refractivity contribution in [3.63, 3.8) is 0 Å². The first kappa shape index (κ1) is 14.1. The second kappa shape index (κ2) is 5.77. The summed E-state index contributed by atoms with van der Waals surface area (Å²) in [7, 11) is 0. The van der Waals surface area contributed by atoms with Gasteiger partial charge in [-0.1, -0.05) is 42.7 Å². The summed E-state index contributed by atoms with van der Waals surface area (Å²) >= 11 is 0. The molecule has 104 valence electrons. The van der Waals surface area contributed by atoms with Crippen molar-refractivity contribution in [2.45, 2.75) is 52.4 Å². The van der Waals surface area contributed by atoms with Gasteiger partial charge in [-0.15, -0.1) is 0 Å². The van der Waals surface area contributed by atoms with Crippen LogP contribution in [-0.2, 0) is 4.79 Å². The highest BCUT2D eigenvalue weighted by Gasteiger charge is 2.35. The maximum absolute atomic E-state index is 11.5. The molecule has 0 spiro atoms. The van der Waals surface area contributed by atoms with Crippen LogP contribution in [0.25, 0.3) is 0 Å². The van der Waals surface area contributed by atoms with Crippen LogP contribution in [-0.4, -0.2) is 11.1 Å². The summed E-state index contributed by atoms with van der Waals surface area (Å²) in [5.41, 5.74) is 3.69. The van der Waals surface area contributed by atoms with E-state index in [0.717, 1.165) is 25.7 Å². The number of carbonyl (C=O) groups is 1. The van der Waals surface area contributed by atoms with Gasteiger partial charge in [-0.25, -0.2) is 0 Å². The summed E-state index contributed by atoms with van der Waals surface area (Å²) in [6.07, 6.45) is 4.07. The molecule has 0 amide bonds. The van der Waals surface area contributed by atoms with Crippen molar-refractivity contribution in [1.82, 2.24) is 0 Å². The molecule has 0 aliphatic heterocycles. The van der Waals surface area contributed by atoms with Gasteiger partial charge in [0.15, 0.2) is 0 Å². The summed E-state index contributed by atoms with van der Waals surface area (Å²) in [4.78, 5) is 11.5. The lowest BCUT2D eigenvalue weighted by molar-refractivity contribution is -0.143. The third kappa shape index (κ3) is 3.17. The number of aryl methyl sites for hydroxylation is 2. The van der Waals surface area contributed by atoms with Gasteiger partial charge in [-0.3, -0.25) is 4.79 Å². The Morgan fingerprint density at radius 3 is 2.37 bits per heavy atom. The Balaban J connectivity index is 2.32. The molecule has 1 N–H and O–H groups in total. The molecule has 2 heteroatoms. The normalized spacial score (nSPS) is 27.2. The van der Waals surface area contributed by atoms with E-state index in [0.29, 0.717) is 5.92 Å². The minimum absolute atomic E-state index is 0.190. The fourth-order valence-corrected chi connectivity index (χ4v) is 3.52. The number of carboxylic acids is 1. The number of hydrogen-bond acceptors (Lipinski definition) is 1. The quantitative estimate of drug-likeness (QED) is 0.879. The van der Waals surface area contributed by atoms with E-state index in [4.69, 9.17) is 0 Å². The van der Waals surface area contributed by atoms with Gasteiger partial charge in [-0.2, -0.15) is 0 Å². The van der Waals surface area contributed by atoms with Gasteiger partial charge < -0.3 is 5.11 Å². The average molecular weight is 260 g/mol. The highest BCUT2D eigenvalue weighted by Crippen LogP contribution is 2.42. The van der Waals surface area contributed by atoms with Gasteiger partial charge in [0.1, 0.15) is 0 Å². The third-order valence-corrected chi connectivity index (χ3v) is 4.53. The van der Waals surface area contributed by atoms with E-state index in [-0.39, 0.29) is 11.8 Å². The Morgan fingerprint density at radius 2 is 1.84 bits per heavy atom. The molecule has 0 aromatic heterocycles. The van der Waals surface area contributed by atoms with E-state index in [1.54, 1.807) is 0 Å². The molecular formula is C17H24O2. The van der Waals surface area contributed by atoms with Crippen LogP contribution in [0.5, 0.6) is 0 Å². The minimum Gasteiger partial charge on any atom is -0.481 e. The number of rotatable bonds is 3. The Labute approximate surface area is 115 Å². The standard InChI is InChI=1S/C17H24O2/c1-4-13-5-6-15(17(18)19)16(10-13)14-8-11(2)7-12(3)9-14/h7-9,13,15-16H,4-6,10H2,1-3H3,(H,18,19). The zero-order valence-electron chi connectivity index (χ0n) is 12.1. The topological polar surface area (TPSA) is 37.3 Å². The van der Waals surface area contributed by atoms with Crippen LogP contribution in [0.4, 0.5) is 0 Å². The summed E-state index contributed by atoms with van der Waals surface area (Å²) < 4.78 is 0. The SMILES string of the molecule is CCC1CCC(C(=O)O)C(c2cc(C)cc(C)c2)C1. The molecule has 1 aliphatic carbocycles. The Morgan fingerprint density at radius 1 is 1.21 bits per heavy atom. The van der Waals surface area contributed by atoms with Crippen molar-refractivity contribution in [2.75, 3.05) is 0 Å². The Hall–Kier alpha value is -1.31. The molecule has 1 aromatic carbocycles. The van der Waals surface area contributed by atoms with Crippen LogP contribution >= 0.6 is 0 Å². The Bertz CT molecular complexity index is 444. The second-order valence-electron chi connectivity index (χ2n) is 6.06. The molecule has 2 nitrogen and oxygen atoms in total. The molecule has 3 unspecified atom stereocenters. The summed E-state index contributed by atoms with van der Waals surface area (Å²) in [5.74, 6) is 0.0407. The lowest BCUT2D eigenvalue weighted by Gasteiger charge is -2.34. The first-order valence-corrected chi connectivity index (χ1v) is 7.32. The lowest BCUT2D eigenvalue weighted by atomic mass is 9.70. The predicted molar refractivity (Wildman–Crippen MR) is 77.4 cm³/mol. The smallest absolute Gasteiger partial charge is 0.307 e. The van der Waals surface area contributed by atoms with Crippen LogP contribution in [0.2, 0.25) is 0 Å². The van der Waals surface area contributed by atoms with E-state index in [1.165, 1.54) is 16.7 Å². The van der Waals surface area contributed by atoms with Crippen molar-refractivity contribution in [2.24, 2.45) is 11.8 Å². The van der Waals surface area contributed by atoms with E-state index in [9.17, 15) is 9.90 Å². The third-order valence-electron chi connectivity index (χ3n) is 4.53. The van der Waals surface area contributed by atoms with Crippen molar-refractivity contribution in [3.05, 3.63) is 34.9 Å². The fraction of sp³-hybridized carbons (Fsp3) is 0.588. The first-order valence-electron chi connectivity index (χ1n) is 7.32. The monoisotopic (exact) mass is 260 g/mol. The highest BCUT2D eigenvalue weighted by atomic mass is 16.4. The van der Waals surface area contributed by atoms with Crippen LogP contribution in [0, 0.1) is 25.7 Å². The van der Waals surface area contributed by atoms with Crippen molar-refractivity contribution in [3.8, 4) is 0 Å². The van der Waals surface area contributed by atoms with Crippen LogP contribution in [0.15, 0.2) is 18.2 Å². The van der Waals surface area contributed by atoms with Crippen LogP contribution < -0.4 is 0 Å². The van der Waals surface area contributed by atoms with Crippen LogP contribution in [0.3, 0.4) is 0 Å². The molecule has 1 fully saturated rings. The molecule has 19 heavy (non-hydrogen) atoms. The van der Waals surface area contributed by atoms with Gasteiger partial charge in [0.2, 0.25) is 0 Å². The number of benzene rings is 1. The number of carboxylic acid groups (broad SMARTS) is 1. The minimum atomic E-state index is -0.626. The van der Waals surface area contributed by atoms with Gasteiger partial charge >= 0.3 is 5.97 Å². The van der Waals surface area contributed by atoms with E-state index in [2.05, 4.69) is 39.0 Å². The second-order valence-corrected chi connectivity index (χ2v) is 6.06. The first-order chi connectivity index (χ1) is 9.01. The van der Waals surface area contributed by atoms with E-state index < -0.39 is 5.97 Å². The van der Waals surface area contributed by atoms with Crippen molar-refractivity contribution in [1.29, 1.82) is 0 Å². The van der Waals surface area contributed by atoms with E-state index >= 15 is 0 Å². The molecule has 1 aliphatic rings. The van der Waals surface area contributed by atoms with Gasteiger partial charge in [-0.05, 0) is 50.5 Å². The Kier molecular flexibility index (Phi) is 4.28. The van der Waals surface area contributed by atoms with Crippen LogP contribution in [0.1, 0.15) is 55.2 Å². The van der Waals surface area contributed by atoms with Gasteiger partial charge in [0, 0.05) is 0 Å². The van der Waals surface area contributed by atoms with E-state index in [1.807, 2.05) is 0 Å². The molecule has 1 aromatic rings. The highest BCUT2D eigenvalue weighted by molar-refractivity contribution is 5.71. The van der Waals surface area contributed by atoms with Crippen molar-refractivity contribution >= 4 is 5.97 Å². The molecule has 2 rings (SSSR count).